The summed E-state index contributed by atoms with van der Waals surface area (Å²) in [7, 11) is 0. The molecule has 0 radical (unpaired) electrons. The topological polar surface area (TPSA) is 32.8 Å². The molecule has 1 heterocycles. The average Bonchev–Trinajstić information content (AvgIpc) is 2.64. The molecule has 4 heteroatoms. The monoisotopic (exact) mass is 324 g/mol. The smallest absolute Gasteiger partial charge is 0.227 e. The maximum atomic E-state index is 12.4. The van der Waals surface area contributed by atoms with Gasteiger partial charge in [-0.3, -0.25) is 9.69 Å². The summed E-state index contributed by atoms with van der Waals surface area (Å²) in [6.45, 7) is 5.02. The van der Waals surface area contributed by atoms with E-state index in [4.69, 9.17) is 4.74 Å². The lowest BCUT2D eigenvalue weighted by atomic mass is 10.1. The van der Waals surface area contributed by atoms with E-state index in [0.717, 1.165) is 44.0 Å². The fourth-order valence-corrected chi connectivity index (χ4v) is 2.91. The van der Waals surface area contributed by atoms with Gasteiger partial charge in [-0.1, -0.05) is 48.5 Å². The van der Waals surface area contributed by atoms with E-state index in [1.54, 1.807) is 0 Å². The lowest BCUT2D eigenvalue weighted by Gasteiger charge is -2.34. The highest BCUT2D eigenvalue weighted by Gasteiger charge is 2.20. The molecule has 1 aliphatic rings. The molecule has 4 nitrogen and oxygen atoms in total. The molecule has 2 aromatic rings. The first-order valence-corrected chi connectivity index (χ1v) is 8.53. The molecular weight excluding hydrogens is 300 g/mol. The fourth-order valence-electron chi connectivity index (χ4n) is 2.91. The van der Waals surface area contributed by atoms with Gasteiger partial charge in [-0.15, -0.1) is 0 Å². The molecule has 126 valence electrons. The first-order valence-electron chi connectivity index (χ1n) is 8.53. The molecular formula is C20H24N2O2. The predicted molar refractivity (Wildman–Crippen MR) is 95.1 cm³/mol. The summed E-state index contributed by atoms with van der Waals surface area (Å²) in [5, 5.41) is 0. The van der Waals surface area contributed by atoms with Crippen molar-refractivity contribution in [2.45, 2.75) is 6.42 Å². The first kappa shape index (κ1) is 16.5. The Morgan fingerprint density at radius 3 is 2.17 bits per heavy atom. The van der Waals surface area contributed by atoms with Crippen LogP contribution in [0.1, 0.15) is 5.56 Å². The molecule has 1 amide bonds. The molecule has 1 fully saturated rings. The number of carbonyl (C=O) groups is 1. The summed E-state index contributed by atoms with van der Waals surface area (Å²) in [5.41, 5.74) is 1.08. The number of piperazine rings is 1. The van der Waals surface area contributed by atoms with E-state index >= 15 is 0 Å². The van der Waals surface area contributed by atoms with Crippen molar-refractivity contribution >= 4 is 5.91 Å². The van der Waals surface area contributed by atoms with E-state index in [1.807, 2.05) is 65.6 Å². The van der Waals surface area contributed by atoms with Gasteiger partial charge in [-0.2, -0.15) is 0 Å². The summed E-state index contributed by atoms with van der Waals surface area (Å²) >= 11 is 0. The second-order valence-corrected chi connectivity index (χ2v) is 6.05. The minimum Gasteiger partial charge on any atom is -0.492 e. The number of amides is 1. The van der Waals surface area contributed by atoms with Crippen LogP contribution in [0, 0.1) is 0 Å². The van der Waals surface area contributed by atoms with Crippen LogP contribution in [0.15, 0.2) is 60.7 Å². The molecule has 0 spiro atoms. The highest BCUT2D eigenvalue weighted by Crippen LogP contribution is 2.09. The highest BCUT2D eigenvalue weighted by molar-refractivity contribution is 5.78. The Hall–Kier alpha value is -2.33. The number of rotatable bonds is 6. The van der Waals surface area contributed by atoms with Crippen LogP contribution in [0.25, 0.3) is 0 Å². The van der Waals surface area contributed by atoms with E-state index in [9.17, 15) is 4.79 Å². The van der Waals surface area contributed by atoms with Crippen molar-refractivity contribution in [2.75, 3.05) is 39.3 Å². The number of nitrogens with zero attached hydrogens (tertiary/aromatic N) is 2. The first-order chi connectivity index (χ1) is 11.8. The Labute approximate surface area is 143 Å². The van der Waals surface area contributed by atoms with Gasteiger partial charge in [-0.25, -0.2) is 0 Å². The minimum atomic E-state index is 0.224. The quantitative estimate of drug-likeness (QED) is 0.818. The van der Waals surface area contributed by atoms with Crippen LogP contribution < -0.4 is 4.74 Å². The van der Waals surface area contributed by atoms with Crippen molar-refractivity contribution in [3.05, 3.63) is 66.2 Å². The predicted octanol–water partition coefficient (Wildman–Crippen LogP) is 2.45. The van der Waals surface area contributed by atoms with E-state index in [-0.39, 0.29) is 5.91 Å². The van der Waals surface area contributed by atoms with Gasteiger partial charge in [0.1, 0.15) is 12.4 Å². The number of hydrogen-bond donors (Lipinski definition) is 0. The molecule has 0 unspecified atom stereocenters. The molecule has 1 saturated heterocycles. The zero-order chi connectivity index (χ0) is 16.6. The Morgan fingerprint density at radius 2 is 1.50 bits per heavy atom. The molecule has 24 heavy (non-hydrogen) atoms. The zero-order valence-electron chi connectivity index (χ0n) is 13.9. The van der Waals surface area contributed by atoms with Crippen LogP contribution in [0.2, 0.25) is 0 Å². The number of benzene rings is 2. The molecule has 0 saturated carbocycles. The molecule has 0 N–H and O–H groups in total. The second kappa shape index (κ2) is 8.50. The normalized spacial score (nSPS) is 15.2. The second-order valence-electron chi connectivity index (χ2n) is 6.05. The van der Waals surface area contributed by atoms with Crippen molar-refractivity contribution < 1.29 is 9.53 Å². The van der Waals surface area contributed by atoms with E-state index in [2.05, 4.69) is 4.90 Å². The van der Waals surface area contributed by atoms with Crippen molar-refractivity contribution in [1.29, 1.82) is 0 Å². The van der Waals surface area contributed by atoms with E-state index in [1.165, 1.54) is 0 Å². The molecule has 0 aromatic heterocycles. The maximum absolute atomic E-state index is 12.4. The Bertz CT molecular complexity index is 623. The van der Waals surface area contributed by atoms with Gasteiger partial charge in [0.05, 0.1) is 6.42 Å². The molecule has 0 bridgehead atoms. The molecule has 0 atom stereocenters. The van der Waals surface area contributed by atoms with Gasteiger partial charge < -0.3 is 9.64 Å². The van der Waals surface area contributed by atoms with Gasteiger partial charge in [0.2, 0.25) is 5.91 Å². The molecule has 2 aromatic carbocycles. The third-order valence-electron chi connectivity index (χ3n) is 4.34. The lowest BCUT2D eigenvalue weighted by Crippen LogP contribution is -2.49. The number of hydrogen-bond acceptors (Lipinski definition) is 3. The van der Waals surface area contributed by atoms with Crippen LogP contribution in [0.4, 0.5) is 0 Å². The summed E-state index contributed by atoms with van der Waals surface area (Å²) in [5.74, 6) is 1.13. The van der Waals surface area contributed by atoms with Gasteiger partial charge in [0, 0.05) is 32.7 Å². The van der Waals surface area contributed by atoms with Crippen molar-refractivity contribution in [3.8, 4) is 5.75 Å². The molecule has 1 aliphatic heterocycles. The molecule has 0 aliphatic carbocycles. The van der Waals surface area contributed by atoms with Gasteiger partial charge >= 0.3 is 0 Å². The largest absolute Gasteiger partial charge is 0.492 e. The number of carbonyl (C=O) groups excluding carboxylic acids is 1. The average molecular weight is 324 g/mol. The van der Waals surface area contributed by atoms with Crippen molar-refractivity contribution in [1.82, 2.24) is 9.80 Å². The summed E-state index contributed by atoms with van der Waals surface area (Å²) in [4.78, 5) is 16.7. The van der Waals surface area contributed by atoms with Gasteiger partial charge in [0.25, 0.3) is 0 Å². The standard InChI is InChI=1S/C20H24N2O2/c23-20(17-18-7-3-1-4-8-18)22-13-11-21(12-14-22)15-16-24-19-9-5-2-6-10-19/h1-10H,11-17H2. The highest BCUT2D eigenvalue weighted by atomic mass is 16.5. The Morgan fingerprint density at radius 1 is 0.875 bits per heavy atom. The summed E-state index contributed by atoms with van der Waals surface area (Å²) < 4.78 is 5.74. The SMILES string of the molecule is O=C(Cc1ccccc1)N1CCN(CCOc2ccccc2)CC1. The van der Waals surface area contributed by atoms with Crippen molar-refractivity contribution in [3.63, 3.8) is 0 Å². The van der Waals surface area contributed by atoms with Crippen LogP contribution in [-0.4, -0.2) is 55.0 Å². The van der Waals surface area contributed by atoms with Gasteiger partial charge in [0.15, 0.2) is 0 Å². The molecule has 3 rings (SSSR count). The van der Waals surface area contributed by atoms with Crippen LogP contribution in [-0.2, 0) is 11.2 Å². The Kier molecular flexibility index (Phi) is 5.85. The lowest BCUT2D eigenvalue weighted by molar-refractivity contribution is -0.132. The summed E-state index contributed by atoms with van der Waals surface area (Å²) in [6.07, 6.45) is 0.498. The number of ether oxygens (including phenoxy) is 1. The third-order valence-corrected chi connectivity index (χ3v) is 4.34. The van der Waals surface area contributed by atoms with Gasteiger partial charge in [-0.05, 0) is 17.7 Å². The fraction of sp³-hybridized carbons (Fsp3) is 0.350. The van der Waals surface area contributed by atoms with Crippen LogP contribution in [0.5, 0.6) is 5.75 Å². The Balaban J connectivity index is 1.37. The summed E-state index contributed by atoms with van der Waals surface area (Å²) in [6, 6.07) is 19.8. The maximum Gasteiger partial charge on any atom is 0.227 e. The van der Waals surface area contributed by atoms with Crippen molar-refractivity contribution in [2.24, 2.45) is 0 Å². The van der Waals surface area contributed by atoms with Crippen LogP contribution in [0.3, 0.4) is 0 Å². The van der Waals surface area contributed by atoms with Crippen LogP contribution >= 0.6 is 0 Å². The van der Waals surface area contributed by atoms with E-state index in [0.29, 0.717) is 13.0 Å². The third kappa shape index (κ3) is 4.83. The van der Waals surface area contributed by atoms with E-state index < -0.39 is 0 Å². The minimum absolute atomic E-state index is 0.224. The zero-order valence-corrected chi connectivity index (χ0v) is 13.9. The number of para-hydroxylation sites is 1.